The zero-order valence-electron chi connectivity index (χ0n) is 11.6. The van der Waals surface area contributed by atoms with Gasteiger partial charge in [-0.05, 0) is 12.1 Å². The number of amides is 2. The summed E-state index contributed by atoms with van der Waals surface area (Å²) in [5.41, 5.74) is 5.13. The van der Waals surface area contributed by atoms with Gasteiger partial charge in [-0.2, -0.15) is 0 Å². The molecular weight excluding hydrogens is 277 g/mol. The number of nitrogens with two attached hydrogens (primary N) is 1. The highest BCUT2D eigenvalue weighted by atomic mass is 19.1. The quantitative estimate of drug-likeness (QED) is 0.818. The van der Waals surface area contributed by atoms with Gasteiger partial charge in [0.1, 0.15) is 11.6 Å². The van der Waals surface area contributed by atoms with Crippen LogP contribution in [0.5, 0.6) is 5.75 Å². The molecule has 1 aromatic carbocycles. The monoisotopic (exact) mass is 295 g/mol. The first-order chi connectivity index (χ1) is 10.0. The Morgan fingerprint density at radius 1 is 1.24 bits per heavy atom. The average Bonchev–Trinajstić information content (AvgIpc) is 2.45. The number of ether oxygens (including phenoxy) is 1. The minimum atomic E-state index is -0.403. The van der Waals surface area contributed by atoms with Crippen LogP contribution in [0.25, 0.3) is 0 Å². The van der Waals surface area contributed by atoms with Crippen LogP contribution in [0.15, 0.2) is 24.3 Å². The molecule has 7 heteroatoms. The highest BCUT2D eigenvalue weighted by Crippen LogP contribution is 2.12. The smallest absolute Gasteiger partial charge is 0.260 e. The number of nitrogens with zero attached hydrogens (tertiary/aromatic N) is 2. The molecule has 0 saturated carbocycles. The highest BCUT2D eigenvalue weighted by Gasteiger charge is 2.22. The predicted molar refractivity (Wildman–Crippen MR) is 74.1 cm³/mol. The Bertz CT molecular complexity index is 516. The van der Waals surface area contributed by atoms with E-state index >= 15 is 0 Å². The second kappa shape index (κ2) is 7.03. The summed E-state index contributed by atoms with van der Waals surface area (Å²) < 4.78 is 18.2. The number of primary amides is 1. The van der Waals surface area contributed by atoms with Crippen molar-refractivity contribution in [1.29, 1.82) is 0 Å². The summed E-state index contributed by atoms with van der Waals surface area (Å²) in [6.07, 6.45) is 0. The van der Waals surface area contributed by atoms with E-state index in [4.69, 9.17) is 10.5 Å². The summed E-state index contributed by atoms with van der Waals surface area (Å²) in [5.74, 6) is -0.599. The molecule has 1 aliphatic rings. The van der Waals surface area contributed by atoms with Crippen molar-refractivity contribution >= 4 is 11.8 Å². The third kappa shape index (κ3) is 4.71. The van der Waals surface area contributed by atoms with Crippen LogP contribution >= 0.6 is 0 Å². The van der Waals surface area contributed by atoms with Crippen molar-refractivity contribution in [3.8, 4) is 5.75 Å². The van der Waals surface area contributed by atoms with Gasteiger partial charge in [0.25, 0.3) is 5.91 Å². The fraction of sp³-hybridized carbons (Fsp3) is 0.429. The Labute approximate surface area is 122 Å². The Kier molecular flexibility index (Phi) is 5.10. The minimum Gasteiger partial charge on any atom is -0.484 e. The molecule has 0 aliphatic carbocycles. The standard InChI is InChI=1S/C14H18FN3O3/c15-11-2-1-3-12(8-11)21-10-14(20)18-6-4-17(5-7-18)9-13(16)19/h1-3,8H,4-7,9-10H2,(H2,16,19). The fourth-order valence-corrected chi connectivity index (χ4v) is 2.17. The van der Waals surface area contributed by atoms with Crippen LogP contribution in [0.2, 0.25) is 0 Å². The van der Waals surface area contributed by atoms with Gasteiger partial charge < -0.3 is 15.4 Å². The van der Waals surface area contributed by atoms with E-state index in [0.29, 0.717) is 31.9 Å². The molecule has 0 aromatic heterocycles. The summed E-state index contributed by atoms with van der Waals surface area (Å²) in [5, 5.41) is 0. The van der Waals surface area contributed by atoms with Crippen molar-refractivity contribution in [2.75, 3.05) is 39.3 Å². The molecule has 6 nitrogen and oxygen atoms in total. The predicted octanol–water partition coefficient (Wildman–Crippen LogP) is -0.166. The van der Waals surface area contributed by atoms with Gasteiger partial charge in [-0.25, -0.2) is 4.39 Å². The number of piperazine rings is 1. The van der Waals surface area contributed by atoms with Gasteiger partial charge in [0.2, 0.25) is 5.91 Å². The normalized spacial score (nSPS) is 15.8. The lowest BCUT2D eigenvalue weighted by Gasteiger charge is -2.33. The topological polar surface area (TPSA) is 75.9 Å². The Morgan fingerprint density at radius 3 is 2.57 bits per heavy atom. The van der Waals surface area contributed by atoms with E-state index in [1.165, 1.54) is 18.2 Å². The van der Waals surface area contributed by atoms with Crippen molar-refractivity contribution in [3.63, 3.8) is 0 Å². The van der Waals surface area contributed by atoms with E-state index < -0.39 is 5.82 Å². The maximum absolute atomic E-state index is 13.0. The van der Waals surface area contributed by atoms with E-state index in [-0.39, 0.29) is 25.0 Å². The Hall–Kier alpha value is -2.15. The van der Waals surface area contributed by atoms with Crippen LogP contribution < -0.4 is 10.5 Å². The summed E-state index contributed by atoms with van der Waals surface area (Å²) >= 11 is 0. The molecule has 1 saturated heterocycles. The number of halogens is 1. The second-order valence-corrected chi connectivity index (χ2v) is 4.87. The molecule has 0 spiro atoms. The van der Waals surface area contributed by atoms with Crippen LogP contribution in [0.1, 0.15) is 0 Å². The highest BCUT2D eigenvalue weighted by molar-refractivity contribution is 5.78. The number of carbonyl (C=O) groups excluding carboxylic acids is 2. The van der Waals surface area contributed by atoms with Crippen LogP contribution in [-0.4, -0.2) is 60.9 Å². The molecule has 2 N–H and O–H groups in total. The first-order valence-electron chi connectivity index (χ1n) is 6.71. The second-order valence-electron chi connectivity index (χ2n) is 4.87. The maximum atomic E-state index is 13.0. The van der Waals surface area contributed by atoms with Gasteiger partial charge in [-0.1, -0.05) is 6.07 Å². The summed E-state index contributed by atoms with van der Waals surface area (Å²) in [6, 6.07) is 5.67. The molecule has 0 bridgehead atoms. The van der Waals surface area contributed by atoms with Gasteiger partial charge in [0.15, 0.2) is 6.61 Å². The number of benzene rings is 1. The number of hydrogen-bond acceptors (Lipinski definition) is 4. The molecule has 2 rings (SSSR count). The molecular formula is C14H18FN3O3. The van der Waals surface area contributed by atoms with Crippen LogP contribution in [0.3, 0.4) is 0 Å². The zero-order chi connectivity index (χ0) is 15.2. The molecule has 0 atom stereocenters. The van der Waals surface area contributed by atoms with Crippen molar-refractivity contribution < 1.29 is 18.7 Å². The summed E-state index contributed by atoms with van der Waals surface area (Å²) in [4.78, 5) is 26.4. The van der Waals surface area contributed by atoms with E-state index in [0.717, 1.165) is 0 Å². The Morgan fingerprint density at radius 2 is 1.95 bits per heavy atom. The molecule has 1 fully saturated rings. The van der Waals surface area contributed by atoms with Crippen LogP contribution in [0.4, 0.5) is 4.39 Å². The first kappa shape index (κ1) is 15.2. The third-order valence-electron chi connectivity index (χ3n) is 3.26. The SMILES string of the molecule is NC(=O)CN1CCN(C(=O)COc2cccc(F)c2)CC1. The third-order valence-corrected chi connectivity index (χ3v) is 3.26. The molecule has 1 aromatic rings. The van der Waals surface area contributed by atoms with Crippen molar-refractivity contribution in [2.24, 2.45) is 5.73 Å². The summed E-state index contributed by atoms with van der Waals surface area (Å²) in [6.45, 7) is 2.35. The molecule has 21 heavy (non-hydrogen) atoms. The fourth-order valence-electron chi connectivity index (χ4n) is 2.17. The first-order valence-corrected chi connectivity index (χ1v) is 6.71. The molecule has 2 amide bonds. The van der Waals surface area contributed by atoms with E-state index in [9.17, 15) is 14.0 Å². The van der Waals surface area contributed by atoms with Gasteiger partial charge in [-0.15, -0.1) is 0 Å². The van der Waals surface area contributed by atoms with Crippen molar-refractivity contribution in [2.45, 2.75) is 0 Å². The number of carbonyl (C=O) groups is 2. The van der Waals surface area contributed by atoms with Crippen LogP contribution in [-0.2, 0) is 9.59 Å². The largest absolute Gasteiger partial charge is 0.484 e. The number of rotatable bonds is 5. The van der Waals surface area contributed by atoms with Gasteiger partial charge >= 0.3 is 0 Å². The molecule has 1 heterocycles. The molecule has 114 valence electrons. The van der Waals surface area contributed by atoms with Crippen molar-refractivity contribution in [1.82, 2.24) is 9.80 Å². The summed E-state index contributed by atoms with van der Waals surface area (Å²) in [7, 11) is 0. The van der Waals surface area contributed by atoms with E-state index in [1.807, 2.05) is 4.90 Å². The molecule has 1 aliphatic heterocycles. The van der Waals surface area contributed by atoms with E-state index in [2.05, 4.69) is 0 Å². The average molecular weight is 295 g/mol. The molecule has 0 unspecified atom stereocenters. The van der Waals surface area contributed by atoms with Gasteiger partial charge in [-0.3, -0.25) is 14.5 Å². The van der Waals surface area contributed by atoms with Gasteiger partial charge in [0.05, 0.1) is 6.54 Å². The molecule has 0 radical (unpaired) electrons. The lowest BCUT2D eigenvalue weighted by molar-refractivity contribution is -0.135. The van der Waals surface area contributed by atoms with E-state index in [1.54, 1.807) is 11.0 Å². The zero-order valence-corrected chi connectivity index (χ0v) is 11.6. The number of hydrogen-bond donors (Lipinski definition) is 1. The van der Waals surface area contributed by atoms with Gasteiger partial charge in [0, 0.05) is 32.2 Å². The Balaban J connectivity index is 1.76. The van der Waals surface area contributed by atoms with Crippen LogP contribution in [0, 0.1) is 5.82 Å². The maximum Gasteiger partial charge on any atom is 0.260 e. The minimum absolute atomic E-state index is 0.126. The van der Waals surface area contributed by atoms with Crippen molar-refractivity contribution in [3.05, 3.63) is 30.1 Å². The lowest BCUT2D eigenvalue weighted by atomic mass is 10.3. The lowest BCUT2D eigenvalue weighted by Crippen LogP contribution is -2.51.